The van der Waals surface area contributed by atoms with Crippen LogP contribution in [0.5, 0.6) is 0 Å². The normalized spacial score (nSPS) is 16.2. The Balaban J connectivity index is 1.93. The summed E-state index contributed by atoms with van der Waals surface area (Å²) in [6.07, 6.45) is 4.48. The molecule has 0 saturated carbocycles. The zero-order valence-corrected chi connectivity index (χ0v) is 13.6. The topological polar surface area (TPSA) is 32.3 Å². The zero-order chi connectivity index (χ0) is 15.2. The Bertz CT molecular complexity index is 476. The van der Waals surface area contributed by atoms with Crippen LogP contribution in [0.3, 0.4) is 0 Å². The Morgan fingerprint density at radius 2 is 1.95 bits per heavy atom. The summed E-state index contributed by atoms with van der Waals surface area (Å²) >= 11 is 0. The molecule has 0 aromatic heterocycles. The van der Waals surface area contributed by atoms with Crippen molar-refractivity contribution >= 4 is 11.6 Å². The van der Waals surface area contributed by atoms with E-state index in [1.54, 1.807) is 0 Å². The third-order valence-electron chi connectivity index (χ3n) is 4.30. The SMILES string of the molecule is Cc1cccc(C(C)C)c1NC(=O)CCN1CCCCC1. The van der Waals surface area contributed by atoms with Crippen LogP contribution in [0, 0.1) is 6.92 Å². The van der Waals surface area contributed by atoms with E-state index in [1.807, 2.05) is 0 Å². The average Bonchev–Trinajstić information content (AvgIpc) is 2.48. The Kier molecular flexibility index (Phi) is 5.80. The highest BCUT2D eigenvalue weighted by molar-refractivity contribution is 5.92. The smallest absolute Gasteiger partial charge is 0.225 e. The quantitative estimate of drug-likeness (QED) is 0.890. The van der Waals surface area contributed by atoms with Crippen molar-refractivity contribution in [2.75, 3.05) is 25.0 Å². The molecule has 1 aliphatic heterocycles. The molecule has 3 nitrogen and oxygen atoms in total. The van der Waals surface area contributed by atoms with E-state index in [0.29, 0.717) is 12.3 Å². The highest BCUT2D eigenvalue weighted by atomic mass is 16.1. The van der Waals surface area contributed by atoms with Crippen LogP contribution >= 0.6 is 0 Å². The monoisotopic (exact) mass is 288 g/mol. The number of nitrogens with zero attached hydrogens (tertiary/aromatic N) is 1. The second-order valence-corrected chi connectivity index (χ2v) is 6.39. The predicted octanol–water partition coefficient (Wildman–Crippen LogP) is 3.93. The van der Waals surface area contributed by atoms with Gasteiger partial charge in [0.25, 0.3) is 0 Å². The van der Waals surface area contributed by atoms with Gasteiger partial charge < -0.3 is 10.2 Å². The standard InChI is InChI=1S/C18H28N2O/c1-14(2)16-9-7-8-15(3)18(16)19-17(21)10-13-20-11-5-4-6-12-20/h7-9,14H,4-6,10-13H2,1-3H3,(H,19,21). The third-order valence-corrected chi connectivity index (χ3v) is 4.30. The molecule has 1 aromatic carbocycles. The fraction of sp³-hybridized carbons (Fsp3) is 0.611. The Labute approximate surface area is 128 Å². The molecule has 116 valence electrons. The van der Waals surface area contributed by atoms with Gasteiger partial charge in [-0.3, -0.25) is 4.79 Å². The first kappa shape index (κ1) is 16.0. The largest absolute Gasteiger partial charge is 0.326 e. The second-order valence-electron chi connectivity index (χ2n) is 6.39. The van der Waals surface area contributed by atoms with Gasteiger partial charge in [0, 0.05) is 18.7 Å². The highest BCUT2D eigenvalue weighted by Gasteiger charge is 2.14. The van der Waals surface area contributed by atoms with E-state index in [4.69, 9.17) is 0 Å². The molecule has 21 heavy (non-hydrogen) atoms. The molecular weight excluding hydrogens is 260 g/mol. The van der Waals surface area contributed by atoms with E-state index in [-0.39, 0.29) is 5.91 Å². The number of hydrogen-bond acceptors (Lipinski definition) is 2. The van der Waals surface area contributed by atoms with Crippen LogP contribution < -0.4 is 5.32 Å². The van der Waals surface area contributed by atoms with Crippen LogP contribution in [0.25, 0.3) is 0 Å². The van der Waals surface area contributed by atoms with E-state index in [1.165, 1.54) is 24.8 Å². The minimum absolute atomic E-state index is 0.136. The van der Waals surface area contributed by atoms with Crippen molar-refractivity contribution in [1.82, 2.24) is 4.90 Å². The van der Waals surface area contributed by atoms with Crippen molar-refractivity contribution < 1.29 is 4.79 Å². The van der Waals surface area contributed by atoms with Gasteiger partial charge in [-0.25, -0.2) is 0 Å². The van der Waals surface area contributed by atoms with Gasteiger partial charge in [-0.05, 0) is 49.9 Å². The van der Waals surface area contributed by atoms with E-state index < -0.39 is 0 Å². The van der Waals surface area contributed by atoms with Crippen LogP contribution in [-0.4, -0.2) is 30.4 Å². The van der Waals surface area contributed by atoms with E-state index in [0.717, 1.165) is 30.9 Å². The molecule has 1 fully saturated rings. The number of carbonyl (C=O) groups excluding carboxylic acids is 1. The number of rotatable bonds is 5. The van der Waals surface area contributed by atoms with Crippen molar-refractivity contribution in [3.63, 3.8) is 0 Å². The number of hydrogen-bond donors (Lipinski definition) is 1. The summed E-state index contributed by atoms with van der Waals surface area (Å²) in [4.78, 5) is 14.7. The highest BCUT2D eigenvalue weighted by Crippen LogP contribution is 2.27. The Morgan fingerprint density at radius 3 is 2.62 bits per heavy atom. The number of anilines is 1. The molecule has 1 amide bonds. The lowest BCUT2D eigenvalue weighted by atomic mass is 9.98. The summed E-state index contributed by atoms with van der Waals surface area (Å²) in [6, 6.07) is 6.23. The van der Waals surface area contributed by atoms with Gasteiger partial charge in [0.05, 0.1) is 0 Å². The Morgan fingerprint density at radius 1 is 1.24 bits per heavy atom. The van der Waals surface area contributed by atoms with Crippen molar-refractivity contribution in [3.05, 3.63) is 29.3 Å². The van der Waals surface area contributed by atoms with Crippen molar-refractivity contribution in [1.29, 1.82) is 0 Å². The maximum atomic E-state index is 12.2. The molecule has 0 bridgehead atoms. The maximum Gasteiger partial charge on any atom is 0.225 e. The van der Waals surface area contributed by atoms with E-state index in [2.05, 4.69) is 49.2 Å². The predicted molar refractivity (Wildman–Crippen MR) is 88.8 cm³/mol. The molecule has 1 saturated heterocycles. The van der Waals surface area contributed by atoms with Gasteiger partial charge in [-0.1, -0.05) is 38.5 Å². The van der Waals surface area contributed by atoms with Crippen molar-refractivity contribution in [2.45, 2.75) is 52.4 Å². The van der Waals surface area contributed by atoms with Gasteiger partial charge in [-0.2, -0.15) is 0 Å². The number of para-hydroxylation sites is 1. The lowest BCUT2D eigenvalue weighted by molar-refractivity contribution is -0.116. The molecule has 0 spiro atoms. The lowest BCUT2D eigenvalue weighted by Gasteiger charge is -2.26. The first-order valence-corrected chi connectivity index (χ1v) is 8.19. The molecule has 1 heterocycles. The number of carbonyl (C=O) groups is 1. The van der Waals surface area contributed by atoms with Gasteiger partial charge in [0.1, 0.15) is 0 Å². The second kappa shape index (κ2) is 7.60. The summed E-state index contributed by atoms with van der Waals surface area (Å²) in [6.45, 7) is 9.57. The van der Waals surface area contributed by atoms with Crippen LogP contribution in [0.4, 0.5) is 5.69 Å². The van der Waals surface area contributed by atoms with Gasteiger partial charge in [-0.15, -0.1) is 0 Å². The summed E-state index contributed by atoms with van der Waals surface area (Å²) in [5.74, 6) is 0.555. The number of amides is 1. The number of aryl methyl sites for hydroxylation is 1. The molecule has 0 atom stereocenters. The summed E-state index contributed by atoms with van der Waals surface area (Å²) < 4.78 is 0. The molecule has 1 aromatic rings. The van der Waals surface area contributed by atoms with E-state index in [9.17, 15) is 4.79 Å². The van der Waals surface area contributed by atoms with Gasteiger partial charge >= 0.3 is 0 Å². The van der Waals surface area contributed by atoms with Crippen molar-refractivity contribution in [3.8, 4) is 0 Å². The molecule has 0 aliphatic carbocycles. The fourth-order valence-electron chi connectivity index (χ4n) is 2.99. The van der Waals surface area contributed by atoms with Crippen LogP contribution in [-0.2, 0) is 4.79 Å². The van der Waals surface area contributed by atoms with Crippen molar-refractivity contribution in [2.24, 2.45) is 0 Å². The average molecular weight is 288 g/mol. The molecule has 1 N–H and O–H groups in total. The Hall–Kier alpha value is -1.35. The molecular formula is C18H28N2O. The summed E-state index contributed by atoms with van der Waals surface area (Å²) in [5.41, 5.74) is 3.38. The van der Waals surface area contributed by atoms with Gasteiger partial charge in [0.2, 0.25) is 5.91 Å². The molecule has 0 unspecified atom stereocenters. The molecule has 0 radical (unpaired) electrons. The van der Waals surface area contributed by atoms with E-state index >= 15 is 0 Å². The number of piperidine rings is 1. The number of likely N-dealkylation sites (tertiary alicyclic amines) is 1. The third kappa shape index (κ3) is 4.57. The molecule has 3 heteroatoms. The van der Waals surface area contributed by atoms with Crippen LogP contribution in [0.2, 0.25) is 0 Å². The molecule has 1 aliphatic rings. The number of nitrogens with one attached hydrogen (secondary N) is 1. The van der Waals surface area contributed by atoms with Gasteiger partial charge in [0.15, 0.2) is 0 Å². The first-order valence-electron chi connectivity index (χ1n) is 8.19. The summed E-state index contributed by atoms with van der Waals surface area (Å²) in [5, 5.41) is 3.13. The fourth-order valence-corrected chi connectivity index (χ4v) is 2.99. The molecule has 2 rings (SSSR count). The number of benzene rings is 1. The maximum absolute atomic E-state index is 12.2. The lowest BCUT2D eigenvalue weighted by Crippen LogP contribution is -2.32. The zero-order valence-electron chi connectivity index (χ0n) is 13.6. The summed E-state index contributed by atoms with van der Waals surface area (Å²) in [7, 11) is 0. The minimum atomic E-state index is 0.136. The first-order chi connectivity index (χ1) is 10.1. The minimum Gasteiger partial charge on any atom is -0.326 e. The van der Waals surface area contributed by atoms with Crippen LogP contribution in [0.1, 0.15) is 56.6 Å². The van der Waals surface area contributed by atoms with Crippen LogP contribution in [0.15, 0.2) is 18.2 Å².